The lowest BCUT2D eigenvalue weighted by atomic mass is 9.73. The Bertz CT molecular complexity index is 755. The molecule has 2 atom stereocenters. The molecule has 1 spiro atoms. The van der Waals surface area contributed by atoms with E-state index in [0.717, 1.165) is 30.5 Å². The number of piperidine rings is 1. The summed E-state index contributed by atoms with van der Waals surface area (Å²) in [4.78, 5) is 16.0. The van der Waals surface area contributed by atoms with Crippen molar-refractivity contribution in [2.45, 2.75) is 63.1 Å². The van der Waals surface area contributed by atoms with Gasteiger partial charge >= 0.3 is 6.18 Å². The Kier molecular flexibility index (Phi) is 4.92. The number of nitrogens with zero attached hydrogens (tertiary/aromatic N) is 2. The van der Waals surface area contributed by atoms with Crippen molar-refractivity contribution >= 4 is 11.6 Å². The zero-order valence-corrected chi connectivity index (χ0v) is 16.1. The summed E-state index contributed by atoms with van der Waals surface area (Å²) < 4.78 is 53.4. The van der Waals surface area contributed by atoms with E-state index in [1.54, 1.807) is 11.0 Å². The normalized spacial score (nSPS) is 27.8. The number of likely N-dealkylation sites (tertiary alicyclic amines) is 1. The zero-order valence-electron chi connectivity index (χ0n) is 16.1. The molecule has 1 saturated carbocycles. The molecule has 0 bridgehead atoms. The van der Waals surface area contributed by atoms with Gasteiger partial charge in [0.25, 0.3) is 0 Å². The fourth-order valence-corrected chi connectivity index (χ4v) is 5.46. The summed E-state index contributed by atoms with van der Waals surface area (Å²) in [6.07, 6.45) is -0.799. The number of fused-ring (bicyclic) bond motifs is 2. The molecule has 0 radical (unpaired) electrons. The summed E-state index contributed by atoms with van der Waals surface area (Å²) >= 11 is 0. The predicted octanol–water partition coefficient (Wildman–Crippen LogP) is 4.65. The van der Waals surface area contributed by atoms with Crippen molar-refractivity contribution in [2.24, 2.45) is 5.92 Å². The second-order valence-corrected chi connectivity index (χ2v) is 8.64. The molecule has 0 N–H and O–H groups in total. The van der Waals surface area contributed by atoms with Crippen LogP contribution in [0.15, 0.2) is 18.2 Å². The quantitative estimate of drug-likeness (QED) is 0.643. The van der Waals surface area contributed by atoms with Gasteiger partial charge < -0.3 is 9.80 Å². The van der Waals surface area contributed by atoms with E-state index in [0.29, 0.717) is 26.1 Å². The molecule has 1 saturated heterocycles. The largest absolute Gasteiger partial charge is 0.391 e. The van der Waals surface area contributed by atoms with Crippen LogP contribution in [-0.2, 0) is 10.2 Å². The number of alkyl halides is 3. The molecule has 1 aromatic rings. The van der Waals surface area contributed by atoms with E-state index in [2.05, 4.69) is 4.90 Å². The van der Waals surface area contributed by atoms with Gasteiger partial charge in [-0.05, 0) is 69.0 Å². The van der Waals surface area contributed by atoms with E-state index < -0.39 is 12.1 Å². The summed E-state index contributed by atoms with van der Waals surface area (Å²) in [5.74, 6) is -1.57. The lowest BCUT2D eigenvalue weighted by molar-refractivity contribution is -0.187. The molecule has 2 heterocycles. The number of carbonyl (C=O) groups excluding carboxylic acids is 1. The molecule has 1 amide bonds. The number of benzene rings is 1. The summed E-state index contributed by atoms with van der Waals surface area (Å²) in [5, 5.41) is 0. The molecule has 0 aromatic heterocycles. The van der Waals surface area contributed by atoms with Gasteiger partial charge in [-0.15, -0.1) is 0 Å². The topological polar surface area (TPSA) is 23.6 Å². The van der Waals surface area contributed by atoms with Crippen LogP contribution in [0.1, 0.15) is 51.0 Å². The third-order valence-corrected chi connectivity index (χ3v) is 7.04. The molecule has 1 aliphatic carbocycles. The van der Waals surface area contributed by atoms with Crippen molar-refractivity contribution in [3.63, 3.8) is 0 Å². The number of amides is 1. The highest BCUT2D eigenvalue weighted by atomic mass is 19.4. The summed E-state index contributed by atoms with van der Waals surface area (Å²) in [6.45, 7) is 3.43. The number of hydrogen-bond acceptors (Lipinski definition) is 2. The van der Waals surface area contributed by atoms with Crippen molar-refractivity contribution < 1.29 is 22.4 Å². The maximum absolute atomic E-state index is 13.9. The smallest absolute Gasteiger partial charge is 0.311 e. The molecular weight excluding hydrogens is 372 g/mol. The van der Waals surface area contributed by atoms with Crippen LogP contribution in [0.2, 0.25) is 0 Å². The number of carbonyl (C=O) groups is 1. The molecule has 2 unspecified atom stereocenters. The van der Waals surface area contributed by atoms with Crippen LogP contribution in [0, 0.1) is 11.7 Å². The molecular formula is C21H26F4N2O. The van der Waals surface area contributed by atoms with Crippen molar-refractivity contribution in [3.05, 3.63) is 29.6 Å². The van der Waals surface area contributed by atoms with Gasteiger partial charge in [-0.25, -0.2) is 4.39 Å². The fraction of sp³-hybridized carbons (Fsp3) is 0.667. The average Bonchev–Trinajstić information content (AvgIpc) is 2.96. The molecule has 28 heavy (non-hydrogen) atoms. The molecule has 4 rings (SSSR count). The van der Waals surface area contributed by atoms with Crippen LogP contribution < -0.4 is 4.90 Å². The number of halogens is 4. The average molecular weight is 398 g/mol. The highest BCUT2D eigenvalue weighted by Gasteiger charge is 2.48. The lowest BCUT2D eigenvalue weighted by Crippen LogP contribution is -2.50. The first kappa shape index (κ1) is 19.7. The third-order valence-electron chi connectivity index (χ3n) is 7.04. The Morgan fingerprint density at radius 1 is 1.18 bits per heavy atom. The van der Waals surface area contributed by atoms with E-state index in [1.165, 1.54) is 19.1 Å². The summed E-state index contributed by atoms with van der Waals surface area (Å²) in [5.41, 5.74) is 1.36. The Hall–Kier alpha value is -1.63. The van der Waals surface area contributed by atoms with E-state index in [4.69, 9.17) is 0 Å². The van der Waals surface area contributed by atoms with Crippen LogP contribution in [-0.4, -0.2) is 42.7 Å². The first-order valence-electron chi connectivity index (χ1n) is 10.1. The van der Waals surface area contributed by atoms with Gasteiger partial charge in [0.1, 0.15) is 5.82 Å². The minimum Gasteiger partial charge on any atom is -0.311 e. The fourth-order valence-electron chi connectivity index (χ4n) is 5.46. The number of anilines is 1. The maximum Gasteiger partial charge on any atom is 0.391 e. The first-order valence-corrected chi connectivity index (χ1v) is 10.1. The van der Waals surface area contributed by atoms with Gasteiger partial charge in [0.15, 0.2) is 0 Å². The molecule has 2 fully saturated rings. The van der Waals surface area contributed by atoms with Crippen molar-refractivity contribution in [1.29, 1.82) is 0 Å². The third kappa shape index (κ3) is 3.42. The second-order valence-electron chi connectivity index (χ2n) is 8.64. The number of hydrogen-bond donors (Lipinski definition) is 0. The SMILES string of the molecule is CC(=O)N1CC2(CCN(C3CCCC(C(F)(F)F)C3)CC2)c2cc(F)ccc21. The van der Waals surface area contributed by atoms with E-state index in [1.807, 2.05) is 0 Å². The van der Waals surface area contributed by atoms with Gasteiger partial charge in [-0.1, -0.05) is 6.42 Å². The Morgan fingerprint density at radius 2 is 1.89 bits per heavy atom. The summed E-state index contributed by atoms with van der Waals surface area (Å²) in [6, 6.07) is 4.55. The van der Waals surface area contributed by atoms with Gasteiger partial charge in [0.05, 0.1) is 5.92 Å². The second kappa shape index (κ2) is 7.01. The van der Waals surface area contributed by atoms with Crippen LogP contribution >= 0.6 is 0 Å². The van der Waals surface area contributed by atoms with Crippen LogP contribution in [0.25, 0.3) is 0 Å². The minimum absolute atomic E-state index is 0.0324. The Labute approximate surface area is 162 Å². The molecule has 1 aromatic carbocycles. The van der Waals surface area contributed by atoms with Gasteiger partial charge in [0, 0.05) is 30.6 Å². The van der Waals surface area contributed by atoms with E-state index in [9.17, 15) is 22.4 Å². The van der Waals surface area contributed by atoms with Crippen LogP contribution in [0.4, 0.5) is 23.2 Å². The standard InChI is InChI=1S/C21H26F4N2O/c1-14(28)27-13-20(18-12-16(22)5-6-19(18)27)7-9-26(10-8-20)17-4-2-3-15(11-17)21(23,24)25/h5-6,12,15,17H,2-4,7-11,13H2,1H3. The Balaban J connectivity index is 1.50. The highest BCUT2D eigenvalue weighted by Crippen LogP contribution is 2.48. The van der Waals surface area contributed by atoms with E-state index >= 15 is 0 Å². The highest BCUT2D eigenvalue weighted by molar-refractivity contribution is 5.94. The minimum atomic E-state index is -4.11. The van der Waals surface area contributed by atoms with Gasteiger partial charge in [-0.3, -0.25) is 4.79 Å². The molecule has 3 aliphatic rings. The number of rotatable bonds is 1. The van der Waals surface area contributed by atoms with Crippen LogP contribution in [0.3, 0.4) is 0 Å². The van der Waals surface area contributed by atoms with Crippen LogP contribution in [0.5, 0.6) is 0 Å². The zero-order chi connectivity index (χ0) is 20.1. The predicted molar refractivity (Wildman–Crippen MR) is 98.7 cm³/mol. The van der Waals surface area contributed by atoms with Gasteiger partial charge in [-0.2, -0.15) is 13.2 Å². The van der Waals surface area contributed by atoms with Crippen molar-refractivity contribution in [3.8, 4) is 0 Å². The maximum atomic E-state index is 13.9. The van der Waals surface area contributed by atoms with Crippen molar-refractivity contribution in [1.82, 2.24) is 4.90 Å². The Morgan fingerprint density at radius 3 is 2.54 bits per heavy atom. The molecule has 2 aliphatic heterocycles. The molecule has 7 heteroatoms. The molecule has 3 nitrogen and oxygen atoms in total. The van der Waals surface area contributed by atoms with Gasteiger partial charge in [0.2, 0.25) is 5.91 Å². The lowest BCUT2D eigenvalue weighted by Gasteiger charge is -2.45. The van der Waals surface area contributed by atoms with E-state index in [-0.39, 0.29) is 36.0 Å². The summed E-state index contributed by atoms with van der Waals surface area (Å²) in [7, 11) is 0. The first-order chi connectivity index (χ1) is 13.2. The molecule has 154 valence electrons. The monoisotopic (exact) mass is 398 g/mol. The van der Waals surface area contributed by atoms with Crippen molar-refractivity contribution in [2.75, 3.05) is 24.5 Å².